The summed E-state index contributed by atoms with van der Waals surface area (Å²) >= 11 is 0. The van der Waals surface area contributed by atoms with Gasteiger partial charge in [-0.05, 0) is 25.0 Å². The minimum atomic E-state index is -0.102. The Labute approximate surface area is 117 Å². The van der Waals surface area contributed by atoms with Gasteiger partial charge in [-0.2, -0.15) is 0 Å². The average molecular weight is 271 g/mol. The van der Waals surface area contributed by atoms with Crippen molar-refractivity contribution in [3.05, 3.63) is 36.2 Å². The predicted octanol–water partition coefficient (Wildman–Crippen LogP) is 2.81. The lowest BCUT2D eigenvalue weighted by atomic mass is 10.2. The van der Waals surface area contributed by atoms with Crippen LogP contribution < -0.4 is 0 Å². The zero-order chi connectivity index (χ0) is 13.9. The first kappa shape index (κ1) is 12.8. The lowest BCUT2D eigenvalue weighted by Crippen LogP contribution is -2.29. The van der Waals surface area contributed by atoms with Crippen molar-refractivity contribution in [1.29, 1.82) is 0 Å². The molecule has 0 bridgehead atoms. The summed E-state index contributed by atoms with van der Waals surface area (Å²) in [4.78, 5) is 13.7. The number of amides is 1. The van der Waals surface area contributed by atoms with Crippen molar-refractivity contribution in [2.75, 3.05) is 6.54 Å². The van der Waals surface area contributed by atoms with Crippen LogP contribution in [0.2, 0.25) is 0 Å². The van der Waals surface area contributed by atoms with Crippen LogP contribution in [-0.4, -0.2) is 27.5 Å². The molecule has 0 saturated carbocycles. The lowest BCUT2D eigenvalue weighted by molar-refractivity contribution is -0.130. The smallest absolute Gasteiger partial charge is 0.247 e. The molecule has 1 atom stereocenters. The number of carbonyl (C=O) groups excluding carboxylic acids is 1. The van der Waals surface area contributed by atoms with Gasteiger partial charge in [0.25, 0.3) is 0 Å². The SMILES string of the molecule is CC[C@H](c1nnc(-c2ccccc2)o1)N1CCCC1=O. The van der Waals surface area contributed by atoms with Gasteiger partial charge < -0.3 is 9.32 Å². The van der Waals surface area contributed by atoms with E-state index in [1.807, 2.05) is 42.2 Å². The average Bonchev–Trinajstić information content (AvgIpc) is 3.12. The van der Waals surface area contributed by atoms with E-state index in [0.717, 1.165) is 24.9 Å². The van der Waals surface area contributed by atoms with E-state index in [-0.39, 0.29) is 11.9 Å². The van der Waals surface area contributed by atoms with Crippen molar-refractivity contribution in [1.82, 2.24) is 15.1 Å². The van der Waals surface area contributed by atoms with Gasteiger partial charge in [-0.1, -0.05) is 25.1 Å². The fourth-order valence-corrected chi connectivity index (χ4v) is 2.59. The highest BCUT2D eigenvalue weighted by atomic mass is 16.4. The highest BCUT2D eigenvalue weighted by molar-refractivity contribution is 5.78. The van der Waals surface area contributed by atoms with Gasteiger partial charge in [0.05, 0.1) is 0 Å². The maximum Gasteiger partial charge on any atom is 0.247 e. The van der Waals surface area contributed by atoms with Crippen LogP contribution in [0.15, 0.2) is 34.7 Å². The van der Waals surface area contributed by atoms with Crippen molar-refractivity contribution in [3.8, 4) is 11.5 Å². The summed E-state index contributed by atoms with van der Waals surface area (Å²) in [6.07, 6.45) is 2.31. The molecule has 1 fully saturated rings. The summed E-state index contributed by atoms with van der Waals surface area (Å²) in [5.41, 5.74) is 0.897. The zero-order valence-corrected chi connectivity index (χ0v) is 11.5. The Kier molecular flexibility index (Phi) is 3.50. The number of aromatic nitrogens is 2. The Balaban J connectivity index is 1.86. The van der Waals surface area contributed by atoms with E-state index in [1.165, 1.54) is 0 Å². The van der Waals surface area contributed by atoms with Crippen LogP contribution in [-0.2, 0) is 4.79 Å². The van der Waals surface area contributed by atoms with Crippen LogP contribution in [0, 0.1) is 0 Å². The summed E-state index contributed by atoms with van der Waals surface area (Å²) in [6, 6.07) is 9.56. The molecule has 0 radical (unpaired) electrons. The second-order valence-corrected chi connectivity index (χ2v) is 4.93. The Morgan fingerprint density at radius 2 is 2.10 bits per heavy atom. The van der Waals surface area contributed by atoms with E-state index in [2.05, 4.69) is 10.2 Å². The van der Waals surface area contributed by atoms with E-state index >= 15 is 0 Å². The normalized spacial score (nSPS) is 16.6. The van der Waals surface area contributed by atoms with Crippen LogP contribution >= 0.6 is 0 Å². The number of hydrogen-bond donors (Lipinski definition) is 0. The third kappa shape index (κ3) is 2.31. The van der Waals surface area contributed by atoms with E-state index in [0.29, 0.717) is 18.2 Å². The summed E-state index contributed by atoms with van der Waals surface area (Å²) in [7, 11) is 0. The molecule has 5 nitrogen and oxygen atoms in total. The van der Waals surface area contributed by atoms with Gasteiger partial charge in [0.1, 0.15) is 6.04 Å². The molecule has 3 rings (SSSR count). The highest BCUT2D eigenvalue weighted by Gasteiger charge is 2.31. The summed E-state index contributed by atoms with van der Waals surface area (Å²) < 4.78 is 5.77. The summed E-state index contributed by atoms with van der Waals surface area (Å²) in [5.74, 6) is 1.21. The van der Waals surface area contributed by atoms with E-state index in [9.17, 15) is 4.79 Å². The maximum absolute atomic E-state index is 11.9. The van der Waals surface area contributed by atoms with Gasteiger partial charge in [0.15, 0.2) is 0 Å². The fraction of sp³-hybridized carbons (Fsp3) is 0.400. The molecule has 1 aromatic heterocycles. The first-order valence-corrected chi connectivity index (χ1v) is 6.98. The molecule has 5 heteroatoms. The molecule has 1 aliphatic heterocycles. The van der Waals surface area contributed by atoms with Crippen molar-refractivity contribution in [2.45, 2.75) is 32.2 Å². The van der Waals surface area contributed by atoms with Crippen molar-refractivity contribution in [3.63, 3.8) is 0 Å². The van der Waals surface area contributed by atoms with Crippen LogP contribution in [0.1, 0.15) is 38.1 Å². The third-order valence-corrected chi connectivity index (χ3v) is 3.62. The van der Waals surface area contributed by atoms with E-state index < -0.39 is 0 Å². The number of hydrogen-bond acceptors (Lipinski definition) is 4. The standard InChI is InChI=1S/C15H17N3O2/c1-2-12(18-10-6-9-13(18)19)15-17-16-14(20-15)11-7-4-3-5-8-11/h3-5,7-8,12H,2,6,9-10H2,1H3/t12-/m1/s1. The van der Waals surface area contributed by atoms with Gasteiger partial charge in [-0.3, -0.25) is 4.79 Å². The third-order valence-electron chi connectivity index (χ3n) is 3.62. The molecule has 1 aliphatic rings. The molecule has 0 spiro atoms. The second-order valence-electron chi connectivity index (χ2n) is 4.93. The predicted molar refractivity (Wildman–Crippen MR) is 73.7 cm³/mol. The summed E-state index contributed by atoms with van der Waals surface area (Å²) in [6.45, 7) is 2.81. The number of nitrogens with zero attached hydrogens (tertiary/aromatic N) is 3. The van der Waals surface area contributed by atoms with Crippen LogP contribution in [0.5, 0.6) is 0 Å². The quantitative estimate of drug-likeness (QED) is 0.858. The first-order valence-electron chi connectivity index (χ1n) is 6.98. The lowest BCUT2D eigenvalue weighted by Gasteiger charge is -2.23. The monoisotopic (exact) mass is 271 g/mol. The van der Waals surface area contributed by atoms with Crippen LogP contribution in [0.3, 0.4) is 0 Å². The van der Waals surface area contributed by atoms with Gasteiger partial charge in [-0.15, -0.1) is 10.2 Å². The van der Waals surface area contributed by atoms with E-state index in [1.54, 1.807) is 0 Å². The topological polar surface area (TPSA) is 59.2 Å². The van der Waals surface area contributed by atoms with Crippen molar-refractivity contribution in [2.24, 2.45) is 0 Å². The minimum absolute atomic E-state index is 0.102. The number of likely N-dealkylation sites (tertiary alicyclic amines) is 1. The van der Waals surface area contributed by atoms with Crippen LogP contribution in [0.25, 0.3) is 11.5 Å². The van der Waals surface area contributed by atoms with Gasteiger partial charge in [0, 0.05) is 18.5 Å². The molecule has 2 heterocycles. The number of carbonyl (C=O) groups is 1. The highest BCUT2D eigenvalue weighted by Crippen LogP contribution is 2.29. The number of benzene rings is 1. The Morgan fingerprint density at radius 3 is 2.75 bits per heavy atom. The molecule has 1 saturated heterocycles. The Morgan fingerprint density at radius 1 is 1.30 bits per heavy atom. The first-order chi connectivity index (χ1) is 9.79. The maximum atomic E-state index is 11.9. The Bertz CT molecular complexity index is 594. The zero-order valence-electron chi connectivity index (χ0n) is 11.5. The van der Waals surface area contributed by atoms with Gasteiger partial charge in [-0.25, -0.2) is 0 Å². The molecular formula is C15H17N3O2. The molecule has 1 aromatic carbocycles. The molecule has 0 unspecified atom stereocenters. The molecule has 0 aliphatic carbocycles. The molecule has 2 aromatic rings. The number of rotatable bonds is 4. The molecule has 104 valence electrons. The van der Waals surface area contributed by atoms with Crippen molar-refractivity contribution >= 4 is 5.91 Å². The summed E-state index contributed by atoms with van der Waals surface area (Å²) in [5, 5.41) is 8.23. The Hall–Kier alpha value is -2.17. The molecule has 1 amide bonds. The van der Waals surface area contributed by atoms with Crippen molar-refractivity contribution < 1.29 is 9.21 Å². The second kappa shape index (κ2) is 5.45. The van der Waals surface area contributed by atoms with Gasteiger partial charge in [0.2, 0.25) is 17.7 Å². The molecule has 0 N–H and O–H groups in total. The molecular weight excluding hydrogens is 254 g/mol. The molecule has 20 heavy (non-hydrogen) atoms. The van der Waals surface area contributed by atoms with Crippen LogP contribution in [0.4, 0.5) is 0 Å². The van der Waals surface area contributed by atoms with E-state index in [4.69, 9.17) is 4.42 Å². The largest absolute Gasteiger partial charge is 0.418 e. The minimum Gasteiger partial charge on any atom is -0.418 e. The fourth-order valence-electron chi connectivity index (χ4n) is 2.59. The van der Waals surface area contributed by atoms with Gasteiger partial charge >= 0.3 is 0 Å².